The Labute approximate surface area is 110 Å². The van der Waals surface area contributed by atoms with Crippen molar-refractivity contribution in [2.45, 2.75) is 32.2 Å². The first-order chi connectivity index (χ1) is 8.49. The Bertz CT molecular complexity index is 490. The lowest BCUT2D eigenvalue weighted by molar-refractivity contribution is 0.465. The van der Waals surface area contributed by atoms with Gasteiger partial charge < -0.3 is 15.5 Å². The predicted molar refractivity (Wildman–Crippen MR) is 72.7 cm³/mol. The van der Waals surface area contributed by atoms with Crippen molar-refractivity contribution < 1.29 is 4.42 Å². The van der Waals surface area contributed by atoms with Crippen molar-refractivity contribution in [1.82, 2.24) is 10.2 Å². The summed E-state index contributed by atoms with van der Waals surface area (Å²) in [6, 6.07) is 4.38. The lowest BCUT2D eigenvalue weighted by Gasteiger charge is -2.22. The molecule has 18 heavy (non-hydrogen) atoms. The van der Waals surface area contributed by atoms with Crippen LogP contribution in [0.2, 0.25) is 0 Å². The van der Waals surface area contributed by atoms with Crippen LogP contribution in [-0.4, -0.2) is 16.7 Å². The highest BCUT2D eigenvalue weighted by atomic mass is 32.1. The Morgan fingerprint density at radius 1 is 1.50 bits per heavy atom. The molecule has 0 aliphatic rings. The van der Waals surface area contributed by atoms with Gasteiger partial charge in [0.1, 0.15) is 0 Å². The van der Waals surface area contributed by atoms with Gasteiger partial charge in [0.15, 0.2) is 0 Å². The fraction of sp³-hybridized carbons (Fsp3) is 0.500. The molecule has 0 aliphatic carbocycles. The van der Waals surface area contributed by atoms with Gasteiger partial charge in [-0.15, -0.1) is 16.4 Å². The number of nitrogens with two attached hydrogens (primary N) is 1. The largest absolute Gasteiger partial charge is 0.406 e. The van der Waals surface area contributed by atoms with Gasteiger partial charge in [0, 0.05) is 16.8 Å². The Morgan fingerprint density at radius 3 is 2.83 bits per heavy atom. The molecule has 0 bridgehead atoms. The number of anilines is 1. The van der Waals surface area contributed by atoms with Crippen LogP contribution in [0, 0.1) is 0 Å². The molecule has 1 atom stereocenters. The maximum Gasteiger partial charge on any atom is 0.315 e. The maximum atomic E-state index is 5.66. The van der Waals surface area contributed by atoms with E-state index in [0.29, 0.717) is 11.9 Å². The topological polar surface area (TPSA) is 77.0 Å². The first-order valence-corrected chi connectivity index (χ1v) is 6.74. The maximum absolute atomic E-state index is 5.66. The molecule has 0 amide bonds. The summed E-state index contributed by atoms with van der Waals surface area (Å²) in [6.07, 6.45) is 0. The number of nitrogens with zero attached hydrogens (tertiary/aromatic N) is 2. The molecule has 0 spiro atoms. The quantitative estimate of drug-likeness (QED) is 0.869. The second-order valence-electron chi connectivity index (χ2n) is 4.95. The van der Waals surface area contributed by atoms with E-state index in [2.05, 4.69) is 46.9 Å². The molecule has 2 aromatic heterocycles. The van der Waals surface area contributed by atoms with Gasteiger partial charge in [-0.2, -0.15) is 0 Å². The summed E-state index contributed by atoms with van der Waals surface area (Å²) in [4.78, 5) is 1.32. The van der Waals surface area contributed by atoms with E-state index in [4.69, 9.17) is 10.2 Å². The van der Waals surface area contributed by atoms with Crippen molar-refractivity contribution >= 4 is 17.4 Å². The summed E-state index contributed by atoms with van der Waals surface area (Å²) < 4.78 is 5.40. The summed E-state index contributed by atoms with van der Waals surface area (Å²) in [5.74, 6) is 0.450. The number of rotatable bonds is 5. The molecule has 0 aromatic carbocycles. The molecule has 0 radical (unpaired) electrons. The van der Waals surface area contributed by atoms with Crippen LogP contribution >= 0.6 is 11.3 Å². The third kappa shape index (κ3) is 2.88. The third-order valence-corrected chi connectivity index (χ3v) is 3.94. The molecular weight excluding hydrogens is 248 g/mol. The van der Waals surface area contributed by atoms with Crippen LogP contribution in [0.3, 0.4) is 0 Å². The number of hydrogen-bond acceptors (Lipinski definition) is 6. The minimum absolute atomic E-state index is 0.0249. The van der Waals surface area contributed by atoms with Gasteiger partial charge in [-0.25, -0.2) is 0 Å². The molecule has 3 N–H and O–H groups in total. The first kappa shape index (κ1) is 13.0. The molecule has 0 aliphatic heterocycles. The highest BCUT2D eigenvalue weighted by Gasteiger charge is 2.22. The van der Waals surface area contributed by atoms with Crippen molar-refractivity contribution in [2.75, 3.05) is 11.9 Å². The first-order valence-electron chi connectivity index (χ1n) is 5.86. The lowest BCUT2D eigenvalue weighted by atomic mass is 9.91. The van der Waals surface area contributed by atoms with Crippen LogP contribution < -0.4 is 11.1 Å². The zero-order valence-corrected chi connectivity index (χ0v) is 11.6. The van der Waals surface area contributed by atoms with Crippen molar-refractivity contribution in [3.63, 3.8) is 0 Å². The van der Waals surface area contributed by atoms with E-state index in [1.807, 2.05) is 6.92 Å². The zero-order chi connectivity index (χ0) is 13.2. The molecule has 0 fully saturated rings. The molecule has 1 unspecified atom stereocenters. The predicted octanol–water partition coefficient (Wildman–Crippen LogP) is 2.54. The molecule has 2 aromatic rings. The molecule has 0 saturated carbocycles. The summed E-state index contributed by atoms with van der Waals surface area (Å²) >= 11 is 1.75. The summed E-state index contributed by atoms with van der Waals surface area (Å²) in [5.41, 5.74) is 5.69. The van der Waals surface area contributed by atoms with E-state index < -0.39 is 0 Å². The average Bonchev–Trinajstić information content (AvgIpc) is 2.98. The molecule has 2 rings (SSSR count). The Hall–Kier alpha value is -1.40. The van der Waals surface area contributed by atoms with Crippen LogP contribution in [0.4, 0.5) is 6.01 Å². The minimum Gasteiger partial charge on any atom is -0.406 e. The van der Waals surface area contributed by atoms with Gasteiger partial charge >= 0.3 is 6.01 Å². The molecule has 0 saturated heterocycles. The Balaban J connectivity index is 1.98. The van der Waals surface area contributed by atoms with E-state index in [9.17, 15) is 0 Å². The Morgan fingerprint density at radius 2 is 2.28 bits per heavy atom. The average molecular weight is 266 g/mol. The van der Waals surface area contributed by atoms with Crippen LogP contribution in [-0.2, 0) is 5.41 Å². The molecule has 98 valence electrons. The van der Waals surface area contributed by atoms with Gasteiger partial charge in [0.05, 0.1) is 6.04 Å². The van der Waals surface area contributed by atoms with Gasteiger partial charge in [0.25, 0.3) is 0 Å². The number of aromatic nitrogens is 2. The van der Waals surface area contributed by atoms with Gasteiger partial charge in [0.2, 0.25) is 5.89 Å². The minimum atomic E-state index is -0.238. The van der Waals surface area contributed by atoms with Crippen LogP contribution in [0.15, 0.2) is 21.9 Å². The third-order valence-electron chi connectivity index (χ3n) is 2.70. The normalized spacial score (nSPS) is 13.6. The highest BCUT2D eigenvalue weighted by Crippen LogP contribution is 2.27. The van der Waals surface area contributed by atoms with E-state index in [-0.39, 0.29) is 11.5 Å². The van der Waals surface area contributed by atoms with Gasteiger partial charge in [-0.3, -0.25) is 0 Å². The van der Waals surface area contributed by atoms with Crippen molar-refractivity contribution in [3.8, 4) is 0 Å². The van der Waals surface area contributed by atoms with Crippen LogP contribution in [0.1, 0.15) is 37.6 Å². The summed E-state index contributed by atoms with van der Waals surface area (Å²) in [6.45, 7) is 6.89. The van der Waals surface area contributed by atoms with Crippen LogP contribution in [0.25, 0.3) is 0 Å². The van der Waals surface area contributed by atoms with E-state index in [1.165, 1.54) is 4.88 Å². The fourth-order valence-electron chi connectivity index (χ4n) is 1.54. The highest BCUT2D eigenvalue weighted by molar-refractivity contribution is 7.10. The SMILES string of the molecule is CC(N)c1nnc(NCC(C)(C)c2cccs2)o1. The molecular formula is C12H18N4OS. The van der Waals surface area contributed by atoms with Crippen molar-refractivity contribution in [2.24, 2.45) is 5.73 Å². The van der Waals surface area contributed by atoms with Crippen molar-refractivity contribution in [3.05, 3.63) is 28.3 Å². The lowest BCUT2D eigenvalue weighted by Crippen LogP contribution is -2.26. The summed E-state index contributed by atoms with van der Waals surface area (Å²) in [7, 11) is 0. The van der Waals surface area contributed by atoms with E-state index in [0.717, 1.165) is 6.54 Å². The second-order valence-corrected chi connectivity index (χ2v) is 5.90. The molecule has 5 nitrogen and oxygen atoms in total. The zero-order valence-electron chi connectivity index (χ0n) is 10.8. The number of hydrogen-bond donors (Lipinski definition) is 2. The standard InChI is InChI=1S/C12H18N4OS/c1-8(13)10-15-16-11(17-10)14-7-12(2,3)9-5-4-6-18-9/h4-6,8H,7,13H2,1-3H3,(H,14,16). The molecule has 6 heteroatoms. The van der Waals surface area contributed by atoms with E-state index in [1.54, 1.807) is 11.3 Å². The monoisotopic (exact) mass is 266 g/mol. The Kier molecular flexibility index (Phi) is 3.68. The molecule has 2 heterocycles. The van der Waals surface area contributed by atoms with Crippen molar-refractivity contribution in [1.29, 1.82) is 0 Å². The fourth-order valence-corrected chi connectivity index (χ4v) is 2.39. The van der Waals surface area contributed by atoms with Gasteiger partial charge in [-0.05, 0) is 18.4 Å². The summed E-state index contributed by atoms with van der Waals surface area (Å²) in [5, 5.41) is 13.0. The van der Waals surface area contributed by atoms with E-state index >= 15 is 0 Å². The number of thiophene rings is 1. The smallest absolute Gasteiger partial charge is 0.315 e. The number of nitrogens with one attached hydrogen (secondary N) is 1. The second kappa shape index (κ2) is 5.07. The van der Waals surface area contributed by atoms with Gasteiger partial charge in [-0.1, -0.05) is 25.0 Å². The van der Waals surface area contributed by atoms with Crippen LogP contribution in [0.5, 0.6) is 0 Å².